The molecule has 1 aliphatic rings. The fourth-order valence-corrected chi connectivity index (χ4v) is 1.84. The van der Waals surface area contributed by atoms with Crippen molar-refractivity contribution in [3.63, 3.8) is 0 Å². The van der Waals surface area contributed by atoms with Gasteiger partial charge >= 0.3 is 6.03 Å². The summed E-state index contributed by atoms with van der Waals surface area (Å²) in [6.45, 7) is -0.412. The van der Waals surface area contributed by atoms with Gasteiger partial charge in [-0.05, 0) is 12.1 Å². The van der Waals surface area contributed by atoms with E-state index in [1.807, 2.05) is 0 Å². The van der Waals surface area contributed by atoms with Crippen LogP contribution in [0.3, 0.4) is 0 Å². The molecule has 104 valence electrons. The maximum atomic E-state index is 11.8. The molecule has 0 aliphatic carbocycles. The molecule has 4 amide bonds. The topological polar surface area (TPSA) is 105 Å². The van der Waals surface area contributed by atoms with E-state index in [1.54, 1.807) is 24.3 Å². The number of nitrogens with zero attached hydrogens (tertiary/aromatic N) is 1. The molecule has 8 heteroatoms. The number of thiocarbonyl (C=S) groups is 1. The Hall–Kier alpha value is -2.48. The van der Waals surface area contributed by atoms with Crippen molar-refractivity contribution in [2.24, 2.45) is 5.73 Å². The number of anilines is 1. The van der Waals surface area contributed by atoms with Crippen molar-refractivity contribution in [3.8, 4) is 0 Å². The molecule has 0 saturated carbocycles. The van der Waals surface area contributed by atoms with Gasteiger partial charge in [-0.2, -0.15) is 0 Å². The van der Waals surface area contributed by atoms with E-state index in [2.05, 4.69) is 10.6 Å². The van der Waals surface area contributed by atoms with Crippen LogP contribution in [-0.4, -0.2) is 40.8 Å². The van der Waals surface area contributed by atoms with Crippen LogP contribution in [0.25, 0.3) is 0 Å². The number of imide groups is 1. The van der Waals surface area contributed by atoms with E-state index < -0.39 is 17.8 Å². The van der Waals surface area contributed by atoms with E-state index in [0.717, 1.165) is 4.90 Å². The first-order valence-corrected chi connectivity index (χ1v) is 6.16. The third kappa shape index (κ3) is 3.09. The fourth-order valence-electron chi connectivity index (χ4n) is 1.71. The number of nitrogens with two attached hydrogens (primary N) is 1. The number of hydrogen-bond acceptors (Lipinski definition) is 4. The first-order chi connectivity index (χ1) is 9.47. The van der Waals surface area contributed by atoms with Gasteiger partial charge in [-0.15, -0.1) is 0 Å². The summed E-state index contributed by atoms with van der Waals surface area (Å²) in [4.78, 5) is 35.5. The van der Waals surface area contributed by atoms with E-state index in [0.29, 0.717) is 11.3 Å². The van der Waals surface area contributed by atoms with Gasteiger partial charge in [0.05, 0.1) is 6.54 Å². The zero-order valence-corrected chi connectivity index (χ0v) is 11.2. The normalized spacial score (nSPS) is 14.1. The third-order valence-electron chi connectivity index (χ3n) is 2.67. The van der Waals surface area contributed by atoms with Gasteiger partial charge in [-0.1, -0.05) is 24.4 Å². The second kappa shape index (κ2) is 5.66. The Morgan fingerprint density at radius 3 is 2.80 bits per heavy atom. The molecule has 2 rings (SSSR count). The minimum absolute atomic E-state index is 0.0803. The molecule has 1 saturated heterocycles. The number of urea groups is 1. The molecule has 4 N–H and O–H groups in total. The van der Waals surface area contributed by atoms with Crippen LogP contribution >= 0.6 is 12.2 Å². The highest BCUT2D eigenvalue weighted by molar-refractivity contribution is 7.80. The molecule has 0 unspecified atom stereocenters. The van der Waals surface area contributed by atoms with Gasteiger partial charge < -0.3 is 16.4 Å². The van der Waals surface area contributed by atoms with E-state index >= 15 is 0 Å². The lowest BCUT2D eigenvalue weighted by atomic mass is 10.2. The summed E-state index contributed by atoms with van der Waals surface area (Å²) < 4.78 is 0. The average molecular weight is 292 g/mol. The monoisotopic (exact) mass is 292 g/mol. The van der Waals surface area contributed by atoms with Crippen molar-refractivity contribution in [2.75, 3.05) is 18.4 Å². The van der Waals surface area contributed by atoms with E-state index in [-0.39, 0.29) is 18.1 Å². The smallest absolute Gasteiger partial charge is 0.325 e. The molecule has 1 heterocycles. The van der Waals surface area contributed by atoms with Crippen LogP contribution < -0.4 is 16.4 Å². The predicted molar refractivity (Wildman–Crippen MR) is 76.1 cm³/mol. The predicted octanol–water partition coefficient (Wildman–Crippen LogP) is -0.189. The number of amides is 4. The molecular formula is C12H12N4O3S. The zero-order valence-electron chi connectivity index (χ0n) is 10.4. The van der Waals surface area contributed by atoms with Crippen molar-refractivity contribution in [1.82, 2.24) is 10.2 Å². The number of rotatable bonds is 4. The van der Waals surface area contributed by atoms with E-state index in [4.69, 9.17) is 18.0 Å². The van der Waals surface area contributed by atoms with Gasteiger partial charge in [0, 0.05) is 11.3 Å². The van der Waals surface area contributed by atoms with Crippen LogP contribution in [0.5, 0.6) is 0 Å². The number of nitrogens with one attached hydrogen (secondary N) is 2. The Morgan fingerprint density at radius 2 is 2.20 bits per heavy atom. The summed E-state index contributed by atoms with van der Waals surface area (Å²) >= 11 is 4.84. The standard InChI is InChI=1S/C12H12N4O3S/c13-11(20)7-2-1-3-8(4-7)15-9(17)6-16-10(18)5-14-12(16)19/h1-4H,5-6H2,(H2,13,20)(H,14,19)(H,15,17). The molecule has 1 aromatic rings. The highest BCUT2D eigenvalue weighted by Crippen LogP contribution is 2.11. The first-order valence-electron chi connectivity index (χ1n) is 5.75. The summed E-state index contributed by atoms with van der Waals surface area (Å²) in [5.41, 5.74) is 6.61. The molecule has 0 atom stereocenters. The maximum absolute atomic E-state index is 11.8. The Bertz CT molecular complexity index is 586. The summed E-state index contributed by atoms with van der Waals surface area (Å²) in [5.74, 6) is -0.905. The zero-order chi connectivity index (χ0) is 14.7. The van der Waals surface area contributed by atoms with Gasteiger partial charge in [-0.25, -0.2) is 4.79 Å². The second-order valence-electron chi connectivity index (χ2n) is 4.13. The lowest BCUT2D eigenvalue weighted by Gasteiger charge is -2.12. The van der Waals surface area contributed by atoms with Crippen molar-refractivity contribution in [1.29, 1.82) is 0 Å². The fraction of sp³-hybridized carbons (Fsp3) is 0.167. The van der Waals surface area contributed by atoms with Crippen LogP contribution in [-0.2, 0) is 9.59 Å². The molecule has 1 fully saturated rings. The number of benzene rings is 1. The maximum Gasteiger partial charge on any atom is 0.325 e. The molecule has 1 aliphatic heterocycles. The Morgan fingerprint density at radius 1 is 1.45 bits per heavy atom. The highest BCUT2D eigenvalue weighted by Gasteiger charge is 2.30. The molecule has 20 heavy (non-hydrogen) atoms. The van der Waals surface area contributed by atoms with Crippen molar-refractivity contribution < 1.29 is 14.4 Å². The minimum atomic E-state index is -0.568. The van der Waals surface area contributed by atoms with Crippen LogP contribution in [0.2, 0.25) is 0 Å². The van der Waals surface area contributed by atoms with Crippen LogP contribution in [0.4, 0.5) is 10.5 Å². The largest absolute Gasteiger partial charge is 0.389 e. The summed E-state index contributed by atoms with van der Waals surface area (Å²) in [5, 5.41) is 4.91. The van der Waals surface area contributed by atoms with Crippen LogP contribution in [0, 0.1) is 0 Å². The van der Waals surface area contributed by atoms with E-state index in [9.17, 15) is 14.4 Å². The Labute approximate surface area is 120 Å². The van der Waals surface area contributed by atoms with Gasteiger partial charge in [0.1, 0.15) is 11.5 Å². The van der Waals surface area contributed by atoms with Crippen molar-refractivity contribution >= 4 is 40.7 Å². The summed E-state index contributed by atoms with van der Waals surface area (Å²) in [6.07, 6.45) is 0. The third-order valence-corrected chi connectivity index (χ3v) is 2.91. The number of hydrogen-bond donors (Lipinski definition) is 3. The summed E-state index contributed by atoms with van der Waals surface area (Å²) in [6, 6.07) is 6.12. The first kappa shape index (κ1) is 13.9. The Kier molecular flexibility index (Phi) is 3.94. The van der Waals surface area contributed by atoms with Crippen molar-refractivity contribution in [2.45, 2.75) is 0 Å². The van der Waals surface area contributed by atoms with E-state index in [1.165, 1.54) is 0 Å². The number of carbonyl (C=O) groups excluding carboxylic acids is 3. The highest BCUT2D eigenvalue weighted by atomic mass is 32.1. The molecule has 1 aromatic carbocycles. The lowest BCUT2D eigenvalue weighted by Crippen LogP contribution is -2.38. The average Bonchev–Trinajstić information content (AvgIpc) is 2.71. The van der Waals surface area contributed by atoms with Crippen LogP contribution in [0.1, 0.15) is 5.56 Å². The molecular weight excluding hydrogens is 280 g/mol. The second-order valence-corrected chi connectivity index (χ2v) is 4.57. The molecule has 0 spiro atoms. The quantitative estimate of drug-likeness (QED) is 0.527. The van der Waals surface area contributed by atoms with Crippen LogP contribution in [0.15, 0.2) is 24.3 Å². The lowest BCUT2D eigenvalue weighted by molar-refractivity contribution is -0.128. The molecule has 0 radical (unpaired) electrons. The summed E-state index contributed by atoms with van der Waals surface area (Å²) in [7, 11) is 0. The van der Waals surface area contributed by atoms with Gasteiger partial charge in [0.25, 0.3) is 5.91 Å². The molecule has 7 nitrogen and oxygen atoms in total. The van der Waals surface area contributed by atoms with Gasteiger partial charge in [0.15, 0.2) is 0 Å². The molecule has 0 aromatic heterocycles. The SMILES string of the molecule is NC(=S)c1cccc(NC(=O)CN2C(=O)CNC2=O)c1. The molecule has 0 bridgehead atoms. The Balaban J connectivity index is 2.01. The van der Waals surface area contributed by atoms with Crippen molar-refractivity contribution in [3.05, 3.63) is 29.8 Å². The van der Waals surface area contributed by atoms with Gasteiger partial charge in [-0.3, -0.25) is 14.5 Å². The van der Waals surface area contributed by atoms with Gasteiger partial charge in [0.2, 0.25) is 5.91 Å². The minimum Gasteiger partial charge on any atom is -0.389 e. The number of carbonyl (C=O) groups is 3.